The number of nitro benzene ring substituents is 1. The maximum atomic E-state index is 12.8. The molecule has 0 radical (unpaired) electrons. The zero-order valence-electron chi connectivity index (χ0n) is 15.9. The highest BCUT2D eigenvalue weighted by Crippen LogP contribution is 2.30. The van der Waals surface area contributed by atoms with Crippen LogP contribution in [0.3, 0.4) is 0 Å². The van der Waals surface area contributed by atoms with Crippen molar-refractivity contribution < 1.29 is 21.8 Å². The zero-order chi connectivity index (χ0) is 22.0. The van der Waals surface area contributed by atoms with Gasteiger partial charge in [0.2, 0.25) is 10.0 Å². The number of hydrogen-bond acceptors (Lipinski definition) is 6. The highest BCUT2D eigenvalue weighted by molar-refractivity contribution is 7.93. The number of halogens is 1. The molecule has 0 bridgehead atoms. The van der Waals surface area contributed by atoms with Crippen LogP contribution in [0.5, 0.6) is 0 Å². The van der Waals surface area contributed by atoms with Crippen molar-refractivity contribution in [2.45, 2.75) is 30.6 Å². The highest BCUT2D eigenvalue weighted by Gasteiger charge is 2.25. The fourth-order valence-electron chi connectivity index (χ4n) is 2.60. The number of aryl methyl sites for hydroxylation is 1. The first-order valence-electron chi connectivity index (χ1n) is 8.51. The van der Waals surface area contributed by atoms with Crippen molar-refractivity contribution in [1.29, 1.82) is 0 Å². The van der Waals surface area contributed by atoms with Gasteiger partial charge in [-0.2, -0.15) is 4.31 Å². The number of sulfonamides is 2. The van der Waals surface area contributed by atoms with E-state index in [1.165, 1.54) is 22.5 Å². The average Bonchev–Trinajstić information content (AvgIpc) is 2.64. The summed E-state index contributed by atoms with van der Waals surface area (Å²) in [5.41, 5.74) is 0.0544. The third kappa shape index (κ3) is 4.86. The van der Waals surface area contributed by atoms with Crippen molar-refractivity contribution in [3.63, 3.8) is 0 Å². The number of nitrogens with one attached hydrogen (secondary N) is 1. The number of rotatable bonds is 8. The van der Waals surface area contributed by atoms with Crippen LogP contribution >= 0.6 is 11.6 Å². The van der Waals surface area contributed by atoms with E-state index in [1.807, 2.05) is 0 Å². The summed E-state index contributed by atoms with van der Waals surface area (Å²) in [6.07, 6.45) is 0. The molecular formula is C17H20ClN3O6S2. The van der Waals surface area contributed by atoms with E-state index < -0.39 is 35.6 Å². The lowest BCUT2D eigenvalue weighted by Crippen LogP contribution is -2.30. The third-order valence-corrected chi connectivity index (χ3v) is 8.10. The highest BCUT2D eigenvalue weighted by atomic mass is 35.5. The van der Waals surface area contributed by atoms with Crippen molar-refractivity contribution in [2.75, 3.05) is 17.8 Å². The molecule has 158 valence electrons. The smallest absolute Gasteiger partial charge is 0.270 e. The normalized spacial score (nSPS) is 12.2. The van der Waals surface area contributed by atoms with Gasteiger partial charge in [-0.25, -0.2) is 16.8 Å². The Morgan fingerprint density at radius 3 is 2.24 bits per heavy atom. The Hall–Kier alpha value is -2.21. The SMILES string of the molecule is CCN(CC)S(=O)(=O)c1ccc(C)c(NS(=O)(=O)c2cc([N+](=O)[O-])ccc2Cl)c1. The molecule has 0 aliphatic carbocycles. The van der Waals surface area contributed by atoms with E-state index in [0.29, 0.717) is 5.56 Å². The van der Waals surface area contributed by atoms with Crippen LogP contribution in [-0.2, 0) is 20.0 Å². The van der Waals surface area contributed by atoms with Gasteiger partial charge in [-0.3, -0.25) is 14.8 Å². The summed E-state index contributed by atoms with van der Waals surface area (Å²) in [5, 5.41) is 10.8. The topological polar surface area (TPSA) is 127 Å². The van der Waals surface area contributed by atoms with E-state index in [4.69, 9.17) is 11.6 Å². The minimum atomic E-state index is -4.31. The number of nitro groups is 1. The molecule has 0 saturated heterocycles. The Bertz CT molecular complexity index is 1150. The second-order valence-electron chi connectivity index (χ2n) is 6.04. The van der Waals surface area contributed by atoms with Crippen molar-refractivity contribution in [1.82, 2.24) is 4.31 Å². The van der Waals surface area contributed by atoms with Crippen LogP contribution in [-0.4, -0.2) is 39.2 Å². The number of benzene rings is 2. The molecule has 0 aliphatic rings. The molecule has 1 N–H and O–H groups in total. The quantitative estimate of drug-likeness (QED) is 0.474. The number of anilines is 1. The van der Waals surface area contributed by atoms with Crippen LogP contribution in [0.4, 0.5) is 11.4 Å². The summed E-state index contributed by atoms with van der Waals surface area (Å²) < 4.78 is 54.5. The Labute approximate surface area is 174 Å². The van der Waals surface area contributed by atoms with Gasteiger partial charge in [-0.1, -0.05) is 31.5 Å². The Kier molecular flexibility index (Phi) is 6.89. The van der Waals surface area contributed by atoms with Gasteiger partial charge in [-0.15, -0.1) is 0 Å². The van der Waals surface area contributed by atoms with Crippen molar-refractivity contribution in [3.8, 4) is 0 Å². The van der Waals surface area contributed by atoms with Gasteiger partial charge in [0.05, 0.1) is 20.5 Å². The minimum Gasteiger partial charge on any atom is -0.279 e. The molecule has 0 atom stereocenters. The maximum Gasteiger partial charge on any atom is 0.270 e. The first-order chi connectivity index (χ1) is 13.4. The summed E-state index contributed by atoms with van der Waals surface area (Å²) in [6, 6.07) is 7.12. The van der Waals surface area contributed by atoms with Gasteiger partial charge in [0.15, 0.2) is 0 Å². The van der Waals surface area contributed by atoms with Crippen LogP contribution in [0.15, 0.2) is 46.2 Å². The number of non-ortho nitro benzene ring substituents is 1. The maximum absolute atomic E-state index is 12.8. The van der Waals surface area contributed by atoms with E-state index in [-0.39, 0.29) is 28.7 Å². The molecule has 0 fully saturated rings. The molecule has 0 aliphatic heterocycles. The molecule has 12 heteroatoms. The lowest BCUT2D eigenvalue weighted by molar-refractivity contribution is -0.385. The van der Waals surface area contributed by atoms with Crippen molar-refractivity contribution >= 4 is 43.0 Å². The average molecular weight is 462 g/mol. The molecule has 9 nitrogen and oxygen atoms in total. The Morgan fingerprint density at radius 1 is 1.07 bits per heavy atom. The number of nitrogens with zero attached hydrogens (tertiary/aromatic N) is 2. The zero-order valence-corrected chi connectivity index (χ0v) is 18.3. The van der Waals surface area contributed by atoms with Crippen LogP contribution in [0.1, 0.15) is 19.4 Å². The summed E-state index contributed by atoms with van der Waals surface area (Å²) >= 11 is 5.93. The van der Waals surface area contributed by atoms with Crippen molar-refractivity contribution in [2.24, 2.45) is 0 Å². The predicted octanol–water partition coefficient (Wildman–Crippen LogP) is 3.39. The monoisotopic (exact) mass is 461 g/mol. The summed E-state index contributed by atoms with van der Waals surface area (Å²) in [6.45, 7) is 5.52. The fraction of sp³-hybridized carbons (Fsp3) is 0.294. The van der Waals surface area contributed by atoms with Gasteiger partial charge >= 0.3 is 0 Å². The third-order valence-electron chi connectivity index (χ3n) is 4.21. The number of hydrogen-bond donors (Lipinski definition) is 1. The molecule has 0 unspecified atom stereocenters. The van der Waals surface area contributed by atoms with Crippen LogP contribution < -0.4 is 4.72 Å². The molecule has 29 heavy (non-hydrogen) atoms. The van der Waals surface area contributed by atoms with Gasteiger partial charge in [0, 0.05) is 25.2 Å². The molecule has 0 spiro atoms. The molecule has 0 aromatic heterocycles. The fourth-order valence-corrected chi connectivity index (χ4v) is 5.72. The van der Waals surface area contributed by atoms with Gasteiger partial charge < -0.3 is 0 Å². The van der Waals surface area contributed by atoms with Crippen LogP contribution in [0, 0.1) is 17.0 Å². The van der Waals surface area contributed by atoms with E-state index in [9.17, 15) is 26.9 Å². The van der Waals surface area contributed by atoms with E-state index in [2.05, 4.69) is 4.72 Å². The molecular weight excluding hydrogens is 442 g/mol. The lowest BCUT2D eigenvalue weighted by Gasteiger charge is -2.19. The van der Waals surface area contributed by atoms with E-state index >= 15 is 0 Å². The van der Waals surface area contributed by atoms with Crippen LogP contribution in [0.25, 0.3) is 0 Å². The minimum absolute atomic E-state index is 0.0285. The second kappa shape index (κ2) is 8.66. The summed E-state index contributed by atoms with van der Waals surface area (Å²) in [7, 11) is -8.11. The van der Waals surface area contributed by atoms with Gasteiger partial charge in [-0.05, 0) is 30.7 Å². The largest absolute Gasteiger partial charge is 0.279 e. The predicted molar refractivity (Wildman–Crippen MR) is 110 cm³/mol. The second-order valence-corrected chi connectivity index (χ2v) is 10.0. The van der Waals surface area contributed by atoms with Gasteiger partial charge in [0.25, 0.3) is 15.7 Å². The first kappa shape index (κ1) is 23.1. The molecule has 2 aromatic rings. The standard InChI is InChI=1S/C17H20ClN3O6S2/c1-4-20(5-2)29(26,27)14-8-6-12(3)16(11-14)19-28(24,25)17-10-13(21(22)23)7-9-15(17)18/h6-11,19H,4-5H2,1-3H3. The summed E-state index contributed by atoms with van der Waals surface area (Å²) in [4.78, 5) is 9.66. The first-order valence-corrected chi connectivity index (χ1v) is 11.8. The van der Waals surface area contributed by atoms with Gasteiger partial charge in [0.1, 0.15) is 4.90 Å². The van der Waals surface area contributed by atoms with E-state index in [1.54, 1.807) is 20.8 Å². The lowest BCUT2D eigenvalue weighted by atomic mass is 10.2. The molecule has 0 heterocycles. The van der Waals surface area contributed by atoms with Crippen molar-refractivity contribution in [3.05, 3.63) is 57.1 Å². The Morgan fingerprint density at radius 2 is 1.69 bits per heavy atom. The molecule has 0 amide bonds. The van der Waals surface area contributed by atoms with Crippen LogP contribution in [0.2, 0.25) is 5.02 Å². The summed E-state index contributed by atoms with van der Waals surface area (Å²) in [5.74, 6) is 0. The Balaban J connectivity index is 2.52. The molecule has 2 aromatic carbocycles. The van der Waals surface area contributed by atoms with E-state index in [0.717, 1.165) is 18.2 Å². The molecule has 2 rings (SSSR count). The molecule has 0 saturated carbocycles.